The molecule has 2 N–H and O–H groups in total. The molecule has 0 saturated carbocycles. The molecule has 162 valence electrons. The van der Waals surface area contributed by atoms with Crippen LogP contribution in [0.25, 0.3) is 0 Å². The van der Waals surface area contributed by atoms with Crippen molar-refractivity contribution in [2.45, 2.75) is 19.9 Å². The summed E-state index contributed by atoms with van der Waals surface area (Å²) < 4.78 is 5.07. The van der Waals surface area contributed by atoms with E-state index >= 15 is 0 Å². The lowest BCUT2D eigenvalue weighted by Crippen LogP contribution is -2.32. The number of nitrogens with one attached hydrogen (secondary N) is 2. The molecule has 7 nitrogen and oxygen atoms in total. The predicted molar refractivity (Wildman–Crippen MR) is 125 cm³/mol. The fourth-order valence-electron chi connectivity index (χ4n) is 3.36. The highest BCUT2D eigenvalue weighted by atomic mass is 32.2. The largest absolute Gasteiger partial charge is 0.459 e. The number of hydrogen-bond acceptors (Lipinski definition) is 7. The molecule has 9 heteroatoms. The van der Waals surface area contributed by atoms with E-state index < -0.39 is 0 Å². The van der Waals surface area contributed by atoms with Crippen molar-refractivity contribution in [1.82, 2.24) is 9.88 Å². The smallest absolute Gasteiger partial charge is 0.293 e. The number of carbonyl (C=O) groups excluding carboxylic acids is 2. The van der Waals surface area contributed by atoms with Crippen molar-refractivity contribution in [2.24, 2.45) is 0 Å². The molecule has 1 fully saturated rings. The number of hydrogen-bond donors (Lipinski definition) is 2. The van der Waals surface area contributed by atoms with E-state index in [0.717, 1.165) is 30.9 Å². The zero-order valence-corrected chi connectivity index (χ0v) is 18.9. The fraction of sp³-hybridized carbons (Fsp3) is 0.318. The van der Waals surface area contributed by atoms with Gasteiger partial charge in [0.05, 0.1) is 18.4 Å². The van der Waals surface area contributed by atoms with Crippen LogP contribution in [0.1, 0.15) is 27.4 Å². The van der Waals surface area contributed by atoms with Crippen molar-refractivity contribution in [1.29, 1.82) is 0 Å². The minimum absolute atomic E-state index is 0.135. The minimum Gasteiger partial charge on any atom is -0.459 e. The van der Waals surface area contributed by atoms with E-state index in [0.29, 0.717) is 10.8 Å². The lowest BCUT2D eigenvalue weighted by atomic mass is 10.1. The molecule has 1 aliphatic heterocycles. The molecule has 3 heterocycles. The van der Waals surface area contributed by atoms with Crippen LogP contribution < -0.4 is 10.6 Å². The molecule has 0 aliphatic carbocycles. The van der Waals surface area contributed by atoms with Crippen molar-refractivity contribution < 1.29 is 14.0 Å². The lowest BCUT2D eigenvalue weighted by Gasteiger charge is -2.27. The second-order valence-corrected chi connectivity index (χ2v) is 9.36. The standard InChI is InChI=1S/C22H24N4O3S2/c1-15-16(13-26-7-10-30-11-8-26)4-2-5-18(15)24-20(27)12-17-14-31-22(23-17)25-21(28)19-6-3-9-29-19/h2-6,9,14H,7-8,10-13H2,1H3,(H,24,27)(H,23,25,28). The van der Waals surface area contributed by atoms with Crippen molar-refractivity contribution in [2.75, 3.05) is 35.2 Å². The Morgan fingerprint density at radius 1 is 1.16 bits per heavy atom. The number of furan rings is 1. The molecule has 0 atom stereocenters. The molecule has 2 amide bonds. The molecule has 3 aromatic rings. The summed E-state index contributed by atoms with van der Waals surface area (Å²) in [5.41, 5.74) is 3.77. The van der Waals surface area contributed by atoms with E-state index in [-0.39, 0.29) is 24.0 Å². The van der Waals surface area contributed by atoms with Crippen LogP contribution >= 0.6 is 23.1 Å². The van der Waals surface area contributed by atoms with Gasteiger partial charge in [-0.15, -0.1) is 11.3 Å². The predicted octanol–water partition coefficient (Wildman–Crippen LogP) is 4.03. The highest BCUT2D eigenvalue weighted by Gasteiger charge is 2.15. The molecule has 1 aliphatic rings. The molecule has 1 saturated heterocycles. The van der Waals surface area contributed by atoms with Crippen molar-refractivity contribution in [3.8, 4) is 0 Å². The molecule has 31 heavy (non-hydrogen) atoms. The Kier molecular flexibility index (Phi) is 7.06. The molecule has 4 rings (SSSR count). The van der Waals surface area contributed by atoms with Crippen molar-refractivity contribution in [3.05, 3.63) is 64.6 Å². The van der Waals surface area contributed by atoms with Gasteiger partial charge in [0.25, 0.3) is 5.91 Å². The first-order valence-corrected chi connectivity index (χ1v) is 12.1. The number of anilines is 2. The van der Waals surface area contributed by atoms with Gasteiger partial charge in [-0.3, -0.25) is 19.8 Å². The van der Waals surface area contributed by atoms with Gasteiger partial charge in [0.15, 0.2) is 10.9 Å². The Hall–Kier alpha value is -2.62. The molecule has 2 aromatic heterocycles. The summed E-state index contributed by atoms with van der Waals surface area (Å²) in [5.74, 6) is 2.06. The summed E-state index contributed by atoms with van der Waals surface area (Å²) in [5, 5.41) is 7.89. The number of aromatic nitrogens is 1. The zero-order chi connectivity index (χ0) is 21.6. The lowest BCUT2D eigenvalue weighted by molar-refractivity contribution is -0.115. The SMILES string of the molecule is Cc1c(CN2CCSCC2)cccc1NC(=O)Cc1csc(NC(=O)c2ccco2)n1. The van der Waals surface area contributed by atoms with E-state index in [9.17, 15) is 9.59 Å². The number of thiazole rings is 1. The molecule has 0 unspecified atom stereocenters. The van der Waals surface area contributed by atoms with E-state index in [4.69, 9.17) is 4.42 Å². The highest BCUT2D eigenvalue weighted by Crippen LogP contribution is 2.23. The summed E-state index contributed by atoms with van der Waals surface area (Å²) in [6, 6.07) is 9.27. The van der Waals surface area contributed by atoms with Gasteiger partial charge in [-0.2, -0.15) is 11.8 Å². The van der Waals surface area contributed by atoms with E-state index in [1.165, 1.54) is 34.7 Å². The van der Waals surface area contributed by atoms with Gasteiger partial charge >= 0.3 is 0 Å². The first-order valence-electron chi connectivity index (χ1n) is 10.1. The summed E-state index contributed by atoms with van der Waals surface area (Å²) in [6.45, 7) is 5.16. The van der Waals surface area contributed by atoms with Gasteiger partial charge < -0.3 is 9.73 Å². The third kappa shape index (κ3) is 5.75. The summed E-state index contributed by atoms with van der Waals surface area (Å²) in [6.07, 6.45) is 1.58. The quantitative estimate of drug-likeness (QED) is 0.558. The third-order valence-electron chi connectivity index (χ3n) is 5.08. The maximum absolute atomic E-state index is 12.6. The third-order valence-corrected chi connectivity index (χ3v) is 6.83. The van der Waals surface area contributed by atoms with Crippen LogP contribution in [0, 0.1) is 6.92 Å². The van der Waals surface area contributed by atoms with Gasteiger partial charge in [0.2, 0.25) is 5.91 Å². The van der Waals surface area contributed by atoms with Crippen molar-refractivity contribution in [3.63, 3.8) is 0 Å². The summed E-state index contributed by atoms with van der Waals surface area (Å²) >= 11 is 3.27. The Balaban J connectivity index is 1.34. The number of benzene rings is 1. The minimum atomic E-state index is -0.366. The number of amides is 2. The van der Waals surface area contributed by atoms with Crippen LogP contribution in [-0.4, -0.2) is 46.3 Å². The number of nitrogens with zero attached hydrogens (tertiary/aromatic N) is 2. The van der Waals surface area contributed by atoms with Crippen molar-refractivity contribution >= 4 is 45.7 Å². The van der Waals surface area contributed by atoms with Crippen LogP contribution in [0.3, 0.4) is 0 Å². The summed E-state index contributed by atoms with van der Waals surface area (Å²) in [4.78, 5) is 31.4. The van der Waals surface area contributed by atoms with Gasteiger partial charge in [-0.1, -0.05) is 12.1 Å². The second kappa shape index (κ2) is 10.1. The van der Waals surface area contributed by atoms with E-state index in [1.54, 1.807) is 17.5 Å². The maximum atomic E-state index is 12.6. The second-order valence-electron chi connectivity index (χ2n) is 7.28. The zero-order valence-electron chi connectivity index (χ0n) is 17.2. The summed E-state index contributed by atoms with van der Waals surface area (Å²) in [7, 11) is 0. The Morgan fingerprint density at radius 2 is 2.00 bits per heavy atom. The monoisotopic (exact) mass is 456 g/mol. The Morgan fingerprint density at radius 3 is 2.77 bits per heavy atom. The fourth-order valence-corrected chi connectivity index (χ4v) is 5.05. The van der Waals surface area contributed by atoms with Crippen LogP contribution in [0.5, 0.6) is 0 Å². The molecule has 0 radical (unpaired) electrons. The van der Waals surface area contributed by atoms with Crippen LogP contribution in [0.2, 0.25) is 0 Å². The van der Waals surface area contributed by atoms with Crippen LogP contribution in [0.15, 0.2) is 46.4 Å². The van der Waals surface area contributed by atoms with Gasteiger partial charge in [0, 0.05) is 42.2 Å². The Bertz CT molecular complexity index is 1040. The highest BCUT2D eigenvalue weighted by molar-refractivity contribution is 7.99. The first kappa shape index (κ1) is 21.6. The molecule has 1 aromatic carbocycles. The van der Waals surface area contributed by atoms with Crippen LogP contribution in [-0.2, 0) is 17.8 Å². The van der Waals surface area contributed by atoms with Gasteiger partial charge in [0.1, 0.15) is 0 Å². The average molecular weight is 457 g/mol. The number of thioether (sulfide) groups is 1. The van der Waals surface area contributed by atoms with Gasteiger partial charge in [-0.05, 0) is 36.2 Å². The van der Waals surface area contributed by atoms with E-state index in [1.807, 2.05) is 23.9 Å². The average Bonchev–Trinajstić information content (AvgIpc) is 3.44. The van der Waals surface area contributed by atoms with Crippen LogP contribution in [0.4, 0.5) is 10.8 Å². The molecule has 0 spiro atoms. The first-order chi connectivity index (χ1) is 15.1. The van der Waals surface area contributed by atoms with E-state index in [2.05, 4.69) is 33.5 Å². The molecular formula is C22H24N4O3S2. The molecular weight excluding hydrogens is 432 g/mol. The number of carbonyl (C=O) groups is 2. The normalized spacial score (nSPS) is 14.4. The Labute approximate surface area is 189 Å². The topological polar surface area (TPSA) is 87.5 Å². The number of rotatable bonds is 7. The van der Waals surface area contributed by atoms with Gasteiger partial charge in [-0.25, -0.2) is 4.98 Å². The maximum Gasteiger partial charge on any atom is 0.293 e. The molecule has 0 bridgehead atoms.